The number of carbonyl (C=O) groups is 1. The third-order valence-electron chi connectivity index (χ3n) is 5.02. The van der Waals surface area contributed by atoms with Gasteiger partial charge in [0.05, 0.1) is 0 Å². The minimum absolute atomic E-state index is 0. The molecule has 2 heterocycles. The van der Waals surface area contributed by atoms with E-state index >= 15 is 0 Å². The molecule has 4 nitrogen and oxygen atoms in total. The van der Waals surface area contributed by atoms with Gasteiger partial charge in [0, 0.05) is 38.3 Å². The lowest BCUT2D eigenvalue weighted by atomic mass is 10.0. The summed E-state index contributed by atoms with van der Waals surface area (Å²) < 4.78 is 0. The van der Waals surface area contributed by atoms with Crippen molar-refractivity contribution in [3.63, 3.8) is 0 Å². The van der Waals surface area contributed by atoms with Crippen molar-refractivity contribution >= 4 is 36.4 Å². The lowest BCUT2D eigenvalue weighted by molar-refractivity contribution is -0.131. The topological polar surface area (TPSA) is 35.6 Å². The van der Waals surface area contributed by atoms with E-state index in [2.05, 4.69) is 46.3 Å². The molecule has 2 saturated heterocycles. The maximum Gasteiger partial charge on any atom is 0.222 e. The highest BCUT2D eigenvalue weighted by molar-refractivity contribution is 5.85. The summed E-state index contributed by atoms with van der Waals surface area (Å²) in [6.07, 6.45) is 2.99. The smallest absolute Gasteiger partial charge is 0.222 e. The van der Waals surface area contributed by atoms with Crippen LogP contribution in [0.5, 0.6) is 0 Å². The molecule has 1 atom stereocenters. The number of para-hydroxylation sites is 1. The molecule has 2 fully saturated rings. The molecule has 24 heavy (non-hydrogen) atoms. The van der Waals surface area contributed by atoms with E-state index in [1.807, 2.05) is 0 Å². The molecular formula is C18H29Cl2N3O. The van der Waals surface area contributed by atoms with Crippen molar-refractivity contribution in [2.75, 3.05) is 44.2 Å². The van der Waals surface area contributed by atoms with Crippen molar-refractivity contribution in [1.29, 1.82) is 0 Å². The Bertz CT molecular complexity index is 513. The Kier molecular flexibility index (Phi) is 8.88. The van der Waals surface area contributed by atoms with E-state index in [0.29, 0.717) is 11.8 Å². The quantitative estimate of drug-likeness (QED) is 0.880. The minimum atomic E-state index is 0. The van der Waals surface area contributed by atoms with Crippen LogP contribution in [-0.4, -0.2) is 50.1 Å². The maximum absolute atomic E-state index is 12.4. The van der Waals surface area contributed by atoms with Gasteiger partial charge in [-0.05, 0) is 50.4 Å². The lowest BCUT2D eigenvalue weighted by Crippen LogP contribution is -2.49. The molecule has 1 unspecified atom stereocenters. The molecule has 0 aliphatic carbocycles. The van der Waals surface area contributed by atoms with Gasteiger partial charge in [-0.25, -0.2) is 0 Å². The molecule has 1 aromatic carbocycles. The number of hydrogen-bond acceptors (Lipinski definition) is 3. The van der Waals surface area contributed by atoms with E-state index in [0.717, 1.165) is 52.1 Å². The largest absolute Gasteiger partial charge is 0.368 e. The molecule has 0 saturated carbocycles. The second-order valence-corrected chi connectivity index (χ2v) is 6.55. The normalized spacial score (nSPS) is 20.3. The molecule has 6 heteroatoms. The molecule has 0 radical (unpaired) electrons. The van der Waals surface area contributed by atoms with E-state index < -0.39 is 0 Å². The molecule has 1 amide bonds. The molecule has 2 aliphatic rings. The Balaban J connectivity index is 0.00000144. The molecule has 1 N–H and O–H groups in total. The first kappa shape index (κ1) is 21.1. The summed E-state index contributed by atoms with van der Waals surface area (Å²) in [4.78, 5) is 16.8. The van der Waals surface area contributed by atoms with Gasteiger partial charge < -0.3 is 15.1 Å². The summed E-state index contributed by atoms with van der Waals surface area (Å²) >= 11 is 0. The summed E-state index contributed by atoms with van der Waals surface area (Å²) in [5, 5.41) is 3.37. The van der Waals surface area contributed by atoms with E-state index in [9.17, 15) is 4.79 Å². The van der Waals surface area contributed by atoms with Crippen molar-refractivity contribution in [1.82, 2.24) is 10.2 Å². The van der Waals surface area contributed by atoms with Gasteiger partial charge in [0.15, 0.2) is 0 Å². The number of benzene rings is 1. The molecular weight excluding hydrogens is 345 g/mol. The van der Waals surface area contributed by atoms with Crippen molar-refractivity contribution in [2.45, 2.75) is 26.2 Å². The Morgan fingerprint density at radius 2 is 1.88 bits per heavy atom. The molecule has 1 aromatic rings. The standard InChI is InChI=1S/C18H27N3O.2ClH/c1-15-4-2-3-5-17(15)20-10-12-21(13-11-20)18(22)7-6-16-8-9-19-14-16;;/h2-5,16,19H,6-14H2,1H3;2*1H. The summed E-state index contributed by atoms with van der Waals surface area (Å²) in [5.74, 6) is 1.05. The molecule has 2 aliphatic heterocycles. The molecule has 3 rings (SSSR count). The Morgan fingerprint density at radius 3 is 2.50 bits per heavy atom. The van der Waals surface area contributed by atoms with Gasteiger partial charge in [0.1, 0.15) is 0 Å². The van der Waals surface area contributed by atoms with Gasteiger partial charge in [-0.1, -0.05) is 18.2 Å². The van der Waals surface area contributed by atoms with Crippen LogP contribution >= 0.6 is 24.8 Å². The Labute approximate surface area is 157 Å². The predicted molar refractivity (Wildman–Crippen MR) is 105 cm³/mol. The SMILES string of the molecule is Cc1ccccc1N1CCN(C(=O)CCC2CCNC2)CC1.Cl.Cl. The average molecular weight is 374 g/mol. The van der Waals surface area contributed by atoms with Crippen LogP contribution < -0.4 is 10.2 Å². The molecule has 0 aromatic heterocycles. The van der Waals surface area contributed by atoms with E-state index in [1.165, 1.54) is 17.7 Å². The number of nitrogens with zero attached hydrogens (tertiary/aromatic N) is 2. The highest BCUT2D eigenvalue weighted by atomic mass is 35.5. The zero-order valence-electron chi connectivity index (χ0n) is 14.4. The van der Waals surface area contributed by atoms with Crippen molar-refractivity contribution in [3.05, 3.63) is 29.8 Å². The van der Waals surface area contributed by atoms with Crippen LogP contribution in [-0.2, 0) is 4.79 Å². The maximum atomic E-state index is 12.4. The average Bonchev–Trinajstić information content (AvgIpc) is 3.07. The van der Waals surface area contributed by atoms with Gasteiger partial charge in [-0.2, -0.15) is 0 Å². The van der Waals surface area contributed by atoms with Crippen molar-refractivity contribution in [2.24, 2.45) is 5.92 Å². The number of aryl methyl sites for hydroxylation is 1. The summed E-state index contributed by atoms with van der Waals surface area (Å²) in [5.41, 5.74) is 2.63. The van der Waals surface area contributed by atoms with Gasteiger partial charge in [-0.3, -0.25) is 4.79 Å². The van der Waals surface area contributed by atoms with E-state index in [1.54, 1.807) is 0 Å². The van der Waals surface area contributed by atoms with Crippen LogP contribution in [0.4, 0.5) is 5.69 Å². The number of anilines is 1. The highest BCUT2D eigenvalue weighted by Gasteiger charge is 2.23. The van der Waals surface area contributed by atoms with Crippen LogP contribution in [0, 0.1) is 12.8 Å². The van der Waals surface area contributed by atoms with Gasteiger partial charge in [-0.15, -0.1) is 24.8 Å². The summed E-state index contributed by atoms with van der Waals surface area (Å²) in [7, 11) is 0. The third kappa shape index (κ3) is 5.27. The predicted octanol–water partition coefficient (Wildman–Crippen LogP) is 2.88. The monoisotopic (exact) mass is 373 g/mol. The van der Waals surface area contributed by atoms with Gasteiger partial charge >= 0.3 is 0 Å². The van der Waals surface area contributed by atoms with Crippen LogP contribution in [0.25, 0.3) is 0 Å². The first-order valence-electron chi connectivity index (χ1n) is 8.53. The second kappa shape index (κ2) is 10.1. The first-order valence-corrected chi connectivity index (χ1v) is 8.53. The fourth-order valence-electron chi connectivity index (χ4n) is 3.56. The second-order valence-electron chi connectivity index (χ2n) is 6.55. The van der Waals surface area contributed by atoms with Crippen LogP contribution in [0.2, 0.25) is 0 Å². The number of halogens is 2. The van der Waals surface area contributed by atoms with Crippen molar-refractivity contribution < 1.29 is 4.79 Å². The number of piperazine rings is 1. The number of nitrogens with one attached hydrogen (secondary N) is 1. The van der Waals surface area contributed by atoms with E-state index in [4.69, 9.17) is 0 Å². The Morgan fingerprint density at radius 1 is 1.17 bits per heavy atom. The highest BCUT2D eigenvalue weighted by Crippen LogP contribution is 2.21. The number of amides is 1. The molecule has 136 valence electrons. The van der Waals surface area contributed by atoms with Crippen molar-refractivity contribution in [3.8, 4) is 0 Å². The Hall–Kier alpha value is -0.970. The summed E-state index contributed by atoms with van der Waals surface area (Å²) in [6.45, 7) is 7.97. The zero-order chi connectivity index (χ0) is 15.4. The van der Waals surface area contributed by atoms with Crippen LogP contribution in [0.15, 0.2) is 24.3 Å². The zero-order valence-corrected chi connectivity index (χ0v) is 16.0. The number of carbonyl (C=O) groups excluding carboxylic acids is 1. The fraction of sp³-hybridized carbons (Fsp3) is 0.611. The summed E-state index contributed by atoms with van der Waals surface area (Å²) in [6, 6.07) is 8.51. The number of hydrogen-bond donors (Lipinski definition) is 1. The van der Waals surface area contributed by atoms with Crippen LogP contribution in [0.1, 0.15) is 24.8 Å². The third-order valence-corrected chi connectivity index (χ3v) is 5.02. The van der Waals surface area contributed by atoms with E-state index in [-0.39, 0.29) is 24.8 Å². The van der Waals surface area contributed by atoms with Gasteiger partial charge in [0.25, 0.3) is 0 Å². The fourth-order valence-corrected chi connectivity index (χ4v) is 3.56. The number of rotatable bonds is 4. The van der Waals surface area contributed by atoms with Crippen LogP contribution in [0.3, 0.4) is 0 Å². The minimum Gasteiger partial charge on any atom is -0.368 e. The molecule has 0 bridgehead atoms. The van der Waals surface area contributed by atoms with Gasteiger partial charge in [0.2, 0.25) is 5.91 Å². The first-order chi connectivity index (χ1) is 10.7. The lowest BCUT2D eigenvalue weighted by Gasteiger charge is -2.37. The molecule has 0 spiro atoms.